The second kappa shape index (κ2) is 11.4. The summed E-state index contributed by atoms with van der Waals surface area (Å²) in [5, 5.41) is 4.73. The van der Waals surface area contributed by atoms with Gasteiger partial charge in [0.25, 0.3) is 0 Å². The first kappa shape index (κ1) is 28.8. The third-order valence-electron chi connectivity index (χ3n) is 3.58. The van der Waals surface area contributed by atoms with Crippen molar-refractivity contribution in [3.05, 3.63) is 59.7 Å². The van der Waals surface area contributed by atoms with E-state index in [0.29, 0.717) is 0 Å². The molecule has 2 amide bonds. The van der Waals surface area contributed by atoms with Gasteiger partial charge in [-0.25, -0.2) is 17.6 Å². The average molecular weight is 472 g/mol. The van der Waals surface area contributed by atoms with Gasteiger partial charge in [0, 0.05) is 34.1 Å². The molecule has 2 aromatic carbocycles. The van der Waals surface area contributed by atoms with Gasteiger partial charge in [0.2, 0.25) is 11.8 Å². The molecule has 0 fully saturated rings. The number of rotatable bonds is 2. The fourth-order valence-corrected chi connectivity index (χ4v) is 1.70. The zero-order chi connectivity index (χ0) is 23.3. The number of nitrogens with one attached hydrogen (secondary N) is 2. The number of anilines is 2. The van der Waals surface area contributed by atoms with Gasteiger partial charge in [-0.2, -0.15) is 0 Å². The molecule has 0 aromatic heterocycles. The fourth-order valence-electron chi connectivity index (χ4n) is 1.70. The number of hydrogen-bond donors (Lipinski definition) is 2. The van der Waals surface area contributed by atoms with E-state index in [1.54, 1.807) is 41.5 Å². The second-order valence-electron chi connectivity index (χ2n) is 8.48. The average Bonchev–Trinajstić information content (AvgIpc) is 2.58. The van der Waals surface area contributed by atoms with Crippen molar-refractivity contribution >= 4 is 23.2 Å². The Morgan fingerprint density at radius 3 is 1.19 bits per heavy atom. The number of hydrogen-bond acceptors (Lipinski definition) is 2. The maximum Gasteiger partial charge on any atom is 2.00 e. The maximum atomic E-state index is 13.1. The minimum absolute atomic E-state index is 0. The predicted octanol–water partition coefficient (Wildman–Crippen LogP) is 5.50. The molecule has 0 aliphatic carbocycles. The zero-order valence-corrected chi connectivity index (χ0v) is 19.7. The van der Waals surface area contributed by atoms with Gasteiger partial charge in [0.1, 0.15) is 0 Å². The minimum Gasteiger partial charge on any atom is -0.376 e. The van der Waals surface area contributed by atoms with Crippen LogP contribution in [0.1, 0.15) is 41.5 Å². The summed E-state index contributed by atoms with van der Waals surface area (Å²) in [6.45, 7) is 10.2. The van der Waals surface area contributed by atoms with Gasteiger partial charge in [-0.3, -0.25) is 9.59 Å². The topological polar surface area (TPSA) is 58.2 Å². The van der Waals surface area contributed by atoms with E-state index >= 15 is 0 Å². The van der Waals surface area contributed by atoms with Gasteiger partial charge < -0.3 is 10.6 Å². The van der Waals surface area contributed by atoms with Crippen LogP contribution in [0.3, 0.4) is 0 Å². The fraction of sp³-hybridized carbons (Fsp3) is 0.364. The largest absolute Gasteiger partial charge is 2.00 e. The Morgan fingerprint density at radius 1 is 0.677 bits per heavy atom. The van der Waals surface area contributed by atoms with Gasteiger partial charge in [-0.1, -0.05) is 41.5 Å². The van der Waals surface area contributed by atoms with Crippen molar-refractivity contribution in [2.75, 3.05) is 10.6 Å². The summed E-state index contributed by atoms with van der Waals surface area (Å²) in [5.41, 5.74) is -1.37. The van der Waals surface area contributed by atoms with Gasteiger partial charge in [0.15, 0.2) is 0 Å². The second-order valence-corrected chi connectivity index (χ2v) is 8.48. The summed E-state index contributed by atoms with van der Waals surface area (Å²) in [6, 6.07) is 8.12. The quantitative estimate of drug-likeness (QED) is 0.345. The molecular weight excluding hydrogens is 448 g/mol. The Balaban J connectivity index is 0.000000562. The van der Waals surface area contributed by atoms with Gasteiger partial charge >= 0.3 is 21.7 Å². The van der Waals surface area contributed by atoms with Crippen LogP contribution in [-0.2, 0) is 31.3 Å². The van der Waals surface area contributed by atoms with E-state index in [2.05, 4.69) is 10.6 Å². The summed E-state index contributed by atoms with van der Waals surface area (Å²) >= 11 is 0. The Labute approximate surface area is 194 Å². The smallest absolute Gasteiger partial charge is 0.376 e. The van der Waals surface area contributed by atoms with Crippen LogP contribution in [0, 0.1) is 46.2 Å². The summed E-state index contributed by atoms with van der Waals surface area (Å²) in [4.78, 5) is 23.0. The van der Waals surface area contributed by atoms with Crippen molar-refractivity contribution in [1.82, 2.24) is 0 Å². The number of amides is 2. The van der Waals surface area contributed by atoms with Crippen LogP contribution >= 0.6 is 0 Å². The predicted molar refractivity (Wildman–Crippen MR) is 107 cm³/mol. The molecule has 0 aliphatic heterocycles. The van der Waals surface area contributed by atoms with E-state index in [4.69, 9.17) is 0 Å². The first-order valence-electron chi connectivity index (χ1n) is 8.99. The van der Waals surface area contributed by atoms with Crippen LogP contribution in [0.15, 0.2) is 24.3 Å². The monoisotopic (exact) mass is 472 g/mol. The minimum atomic E-state index is -0.896. The molecule has 31 heavy (non-hydrogen) atoms. The van der Waals surface area contributed by atoms with Crippen molar-refractivity contribution in [3.8, 4) is 0 Å². The molecule has 0 saturated carbocycles. The van der Waals surface area contributed by atoms with Crippen molar-refractivity contribution in [2.24, 2.45) is 10.8 Å². The van der Waals surface area contributed by atoms with Crippen LogP contribution in [0.25, 0.3) is 0 Å². The number of halogens is 4. The molecule has 9 heteroatoms. The molecule has 0 saturated heterocycles. The van der Waals surface area contributed by atoms with E-state index in [0.717, 1.165) is 12.1 Å². The van der Waals surface area contributed by atoms with E-state index < -0.39 is 34.1 Å². The van der Waals surface area contributed by atoms with Crippen LogP contribution < -0.4 is 10.6 Å². The summed E-state index contributed by atoms with van der Waals surface area (Å²) in [5.74, 6) is -4.04. The summed E-state index contributed by atoms with van der Waals surface area (Å²) in [6.07, 6.45) is 0. The van der Waals surface area contributed by atoms with Crippen molar-refractivity contribution in [1.29, 1.82) is 0 Å². The molecule has 0 heterocycles. The molecule has 0 unspecified atom stereocenters. The first-order valence-corrected chi connectivity index (χ1v) is 8.99. The SMILES string of the molecule is CC(C)(C)C(=O)Nc1ccc(F)[c-]c1F.CC(C)(C)C(=O)Nc1ccc(F)[c-]c1F.[Ti+2]. The number of carbonyl (C=O) groups is 2. The molecule has 166 valence electrons. The van der Waals surface area contributed by atoms with Crippen molar-refractivity contribution < 1.29 is 48.9 Å². The zero-order valence-electron chi connectivity index (χ0n) is 18.1. The number of carbonyl (C=O) groups excluding carboxylic acids is 2. The van der Waals surface area contributed by atoms with Gasteiger partial charge in [0.05, 0.1) is 0 Å². The summed E-state index contributed by atoms with van der Waals surface area (Å²) in [7, 11) is 0. The van der Waals surface area contributed by atoms with Crippen LogP contribution in [0.4, 0.5) is 28.9 Å². The van der Waals surface area contributed by atoms with Crippen LogP contribution in [0.2, 0.25) is 0 Å². The molecule has 2 rings (SSSR count). The third kappa shape index (κ3) is 9.66. The normalized spacial score (nSPS) is 10.9. The number of benzene rings is 2. The Hall–Kier alpha value is -2.19. The van der Waals surface area contributed by atoms with E-state index in [9.17, 15) is 27.2 Å². The van der Waals surface area contributed by atoms with Crippen molar-refractivity contribution in [3.63, 3.8) is 0 Å². The standard InChI is InChI=1S/2C11H12F2NO.Ti/c2*1-11(2,3)10(15)14-9-5-4-7(12)6-8(9)13;/h2*4-5H,1-3H3,(H,14,15);/q2*-1;+2. The van der Waals surface area contributed by atoms with E-state index in [1.807, 2.05) is 12.1 Å². The third-order valence-corrected chi connectivity index (χ3v) is 3.58. The molecule has 0 spiro atoms. The van der Waals surface area contributed by atoms with E-state index in [-0.39, 0.29) is 44.9 Å². The Bertz CT molecular complexity index is 847. The molecule has 2 aromatic rings. The molecule has 4 nitrogen and oxygen atoms in total. The van der Waals surface area contributed by atoms with E-state index in [1.165, 1.54) is 12.1 Å². The summed E-state index contributed by atoms with van der Waals surface area (Å²) < 4.78 is 51.2. The Kier molecular flexibility index (Phi) is 10.6. The van der Waals surface area contributed by atoms with Gasteiger partial charge in [-0.05, 0) is 11.4 Å². The Morgan fingerprint density at radius 2 is 0.968 bits per heavy atom. The molecule has 0 bridgehead atoms. The maximum absolute atomic E-state index is 13.1. The molecule has 0 radical (unpaired) electrons. The van der Waals surface area contributed by atoms with Crippen molar-refractivity contribution in [2.45, 2.75) is 41.5 Å². The van der Waals surface area contributed by atoms with Crippen LogP contribution in [-0.4, -0.2) is 11.8 Å². The molecule has 0 aliphatic rings. The van der Waals surface area contributed by atoms with Crippen LogP contribution in [0.5, 0.6) is 0 Å². The molecule has 0 atom stereocenters. The first-order chi connectivity index (χ1) is 13.6. The van der Waals surface area contributed by atoms with Gasteiger partial charge in [-0.15, -0.1) is 36.4 Å². The molecule has 2 N–H and O–H groups in total. The molecular formula is C22H24F4N2O2Ti.